The maximum absolute atomic E-state index is 12.2. The van der Waals surface area contributed by atoms with Crippen LogP contribution in [0.3, 0.4) is 0 Å². The molecule has 0 spiro atoms. The van der Waals surface area contributed by atoms with E-state index in [1.807, 2.05) is 37.1 Å². The second-order valence-electron chi connectivity index (χ2n) is 5.14. The van der Waals surface area contributed by atoms with E-state index in [1.54, 1.807) is 0 Å². The Kier molecular flexibility index (Phi) is 3.57. The molecule has 1 amide bonds. The zero-order valence-electron chi connectivity index (χ0n) is 10.5. The predicted octanol–water partition coefficient (Wildman–Crippen LogP) is 3.49. The molecule has 2 atom stereocenters. The molecule has 0 radical (unpaired) electrons. The van der Waals surface area contributed by atoms with Crippen LogP contribution in [0.25, 0.3) is 0 Å². The van der Waals surface area contributed by atoms with E-state index in [0.29, 0.717) is 5.92 Å². The highest BCUT2D eigenvalue weighted by Crippen LogP contribution is 2.38. The van der Waals surface area contributed by atoms with Crippen LogP contribution in [-0.2, 0) is 0 Å². The predicted molar refractivity (Wildman–Crippen MR) is 73.1 cm³/mol. The summed E-state index contributed by atoms with van der Waals surface area (Å²) in [5.41, 5.74) is 1.92. The normalized spacial score (nSPS) is 22.4. The van der Waals surface area contributed by atoms with Gasteiger partial charge in [0.1, 0.15) is 0 Å². The van der Waals surface area contributed by atoms with E-state index >= 15 is 0 Å². The average Bonchev–Trinajstić information content (AvgIpc) is 2.93. The number of rotatable bonds is 3. The SMILES string of the molecule is Cc1ccc(C(=O)N(C)CC2CC2C)c(Br)c1. The molecule has 1 aromatic rings. The molecule has 1 fully saturated rings. The van der Waals surface area contributed by atoms with Crippen molar-refractivity contribution >= 4 is 21.8 Å². The lowest BCUT2D eigenvalue weighted by atomic mass is 10.1. The van der Waals surface area contributed by atoms with Crippen LogP contribution >= 0.6 is 15.9 Å². The molecule has 0 aliphatic heterocycles. The molecule has 17 heavy (non-hydrogen) atoms. The van der Waals surface area contributed by atoms with Crippen molar-refractivity contribution in [1.82, 2.24) is 4.90 Å². The molecule has 0 N–H and O–H groups in total. The minimum atomic E-state index is 0.107. The van der Waals surface area contributed by atoms with Crippen LogP contribution in [0.2, 0.25) is 0 Å². The molecule has 1 saturated carbocycles. The molecule has 3 heteroatoms. The zero-order valence-corrected chi connectivity index (χ0v) is 12.1. The summed E-state index contributed by atoms with van der Waals surface area (Å²) in [5.74, 6) is 1.59. The zero-order chi connectivity index (χ0) is 12.6. The fraction of sp³-hybridized carbons (Fsp3) is 0.500. The summed E-state index contributed by atoms with van der Waals surface area (Å²) < 4.78 is 0.887. The van der Waals surface area contributed by atoms with Gasteiger partial charge < -0.3 is 4.90 Å². The van der Waals surface area contributed by atoms with Crippen molar-refractivity contribution in [2.24, 2.45) is 11.8 Å². The molecule has 1 aliphatic carbocycles. The Bertz CT molecular complexity index is 444. The molecule has 0 heterocycles. The second-order valence-corrected chi connectivity index (χ2v) is 6.00. The molecule has 2 nitrogen and oxygen atoms in total. The van der Waals surface area contributed by atoms with Crippen LogP contribution in [0, 0.1) is 18.8 Å². The summed E-state index contributed by atoms with van der Waals surface area (Å²) in [4.78, 5) is 14.1. The number of hydrogen-bond donors (Lipinski definition) is 0. The molecule has 1 aliphatic rings. The maximum atomic E-state index is 12.2. The van der Waals surface area contributed by atoms with E-state index in [9.17, 15) is 4.79 Å². The fourth-order valence-corrected chi connectivity index (χ4v) is 2.75. The van der Waals surface area contributed by atoms with Gasteiger partial charge in [0.05, 0.1) is 5.56 Å². The number of carbonyl (C=O) groups is 1. The van der Waals surface area contributed by atoms with E-state index < -0.39 is 0 Å². The summed E-state index contributed by atoms with van der Waals surface area (Å²) in [6.07, 6.45) is 1.26. The van der Waals surface area contributed by atoms with Crippen molar-refractivity contribution in [3.8, 4) is 0 Å². The Balaban J connectivity index is 2.07. The van der Waals surface area contributed by atoms with Crippen molar-refractivity contribution in [1.29, 1.82) is 0 Å². The number of nitrogens with zero attached hydrogens (tertiary/aromatic N) is 1. The first-order valence-corrected chi connectivity index (χ1v) is 6.80. The minimum Gasteiger partial charge on any atom is -0.341 e. The maximum Gasteiger partial charge on any atom is 0.254 e. The lowest BCUT2D eigenvalue weighted by molar-refractivity contribution is 0.0786. The molecular formula is C14H18BrNO. The van der Waals surface area contributed by atoms with Crippen LogP contribution < -0.4 is 0 Å². The van der Waals surface area contributed by atoms with Gasteiger partial charge in [0.15, 0.2) is 0 Å². The first kappa shape index (κ1) is 12.6. The third-order valence-corrected chi connectivity index (χ3v) is 4.14. The lowest BCUT2D eigenvalue weighted by Gasteiger charge is -2.18. The van der Waals surface area contributed by atoms with Gasteiger partial charge in [-0.25, -0.2) is 0 Å². The Morgan fingerprint density at radius 2 is 2.18 bits per heavy atom. The van der Waals surface area contributed by atoms with Crippen molar-refractivity contribution in [2.75, 3.05) is 13.6 Å². The van der Waals surface area contributed by atoms with Crippen molar-refractivity contribution < 1.29 is 4.79 Å². The monoisotopic (exact) mass is 295 g/mol. The quantitative estimate of drug-likeness (QED) is 0.836. The van der Waals surface area contributed by atoms with Gasteiger partial charge in [-0.2, -0.15) is 0 Å². The fourth-order valence-electron chi connectivity index (χ4n) is 2.09. The van der Waals surface area contributed by atoms with Crippen molar-refractivity contribution in [2.45, 2.75) is 20.3 Å². The summed E-state index contributed by atoms with van der Waals surface area (Å²) in [7, 11) is 1.89. The van der Waals surface area contributed by atoms with E-state index in [-0.39, 0.29) is 5.91 Å². The largest absolute Gasteiger partial charge is 0.341 e. The second kappa shape index (κ2) is 4.81. The lowest BCUT2D eigenvalue weighted by Crippen LogP contribution is -2.29. The molecule has 0 aromatic heterocycles. The van der Waals surface area contributed by atoms with Crippen LogP contribution in [0.4, 0.5) is 0 Å². The number of hydrogen-bond acceptors (Lipinski definition) is 1. The van der Waals surface area contributed by atoms with Gasteiger partial charge in [0.2, 0.25) is 0 Å². The molecule has 0 saturated heterocycles. The van der Waals surface area contributed by atoms with E-state index in [1.165, 1.54) is 6.42 Å². The number of benzene rings is 1. The van der Waals surface area contributed by atoms with E-state index in [0.717, 1.165) is 28.1 Å². The van der Waals surface area contributed by atoms with Crippen LogP contribution in [0.5, 0.6) is 0 Å². The number of aryl methyl sites for hydroxylation is 1. The molecule has 92 valence electrons. The Labute approximate surface area is 111 Å². The van der Waals surface area contributed by atoms with Crippen LogP contribution in [0.15, 0.2) is 22.7 Å². The van der Waals surface area contributed by atoms with Crippen LogP contribution in [-0.4, -0.2) is 24.4 Å². The molecule has 2 unspecified atom stereocenters. The Morgan fingerprint density at radius 3 is 2.71 bits per heavy atom. The third kappa shape index (κ3) is 2.89. The summed E-state index contributed by atoms with van der Waals surface area (Å²) >= 11 is 3.46. The van der Waals surface area contributed by atoms with Gasteiger partial charge in [0, 0.05) is 18.1 Å². The highest BCUT2D eigenvalue weighted by Gasteiger charge is 2.34. The number of halogens is 1. The Hall–Kier alpha value is -0.830. The minimum absolute atomic E-state index is 0.107. The number of amides is 1. The highest BCUT2D eigenvalue weighted by molar-refractivity contribution is 9.10. The first-order chi connectivity index (χ1) is 7.99. The number of carbonyl (C=O) groups excluding carboxylic acids is 1. The van der Waals surface area contributed by atoms with Gasteiger partial charge in [0.25, 0.3) is 5.91 Å². The standard InChI is InChI=1S/C14H18BrNO/c1-9-4-5-12(13(15)6-9)14(17)16(3)8-11-7-10(11)2/h4-6,10-11H,7-8H2,1-3H3. The summed E-state index contributed by atoms with van der Waals surface area (Å²) in [5, 5.41) is 0. The van der Waals surface area contributed by atoms with E-state index in [4.69, 9.17) is 0 Å². The van der Waals surface area contributed by atoms with Gasteiger partial charge in [-0.3, -0.25) is 4.79 Å². The first-order valence-electron chi connectivity index (χ1n) is 6.00. The van der Waals surface area contributed by atoms with Crippen LogP contribution in [0.1, 0.15) is 29.3 Å². The van der Waals surface area contributed by atoms with Crippen molar-refractivity contribution in [3.63, 3.8) is 0 Å². The molecule has 2 rings (SSSR count). The summed E-state index contributed by atoms with van der Waals surface area (Å²) in [6, 6.07) is 5.86. The van der Waals surface area contributed by atoms with Gasteiger partial charge in [-0.1, -0.05) is 13.0 Å². The van der Waals surface area contributed by atoms with Gasteiger partial charge >= 0.3 is 0 Å². The van der Waals surface area contributed by atoms with Gasteiger partial charge in [-0.05, 0) is 58.8 Å². The molecule has 1 aromatic carbocycles. The summed E-state index contributed by atoms with van der Waals surface area (Å²) in [6.45, 7) is 5.14. The van der Waals surface area contributed by atoms with Crippen molar-refractivity contribution in [3.05, 3.63) is 33.8 Å². The average molecular weight is 296 g/mol. The van der Waals surface area contributed by atoms with E-state index in [2.05, 4.69) is 22.9 Å². The topological polar surface area (TPSA) is 20.3 Å². The third-order valence-electron chi connectivity index (χ3n) is 3.49. The smallest absolute Gasteiger partial charge is 0.254 e. The molecule has 0 bridgehead atoms. The Morgan fingerprint density at radius 1 is 1.53 bits per heavy atom. The highest BCUT2D eigenvalue weighted by atomic mass is 79.9. The van der Waals surface area contributed by atoms with Gasteiger partial charge in [-0.15, -0.1) is 0 Å². The molecular weight excluding hydrogens is 278 g/mol.